The molecule has 1 fully saturated rings. The van der Waals surface area contributed by atoms with Crippen molar-refractivity contribution >= 4 is 40.5 Å². The van der Waals surface area contributed by atoms with Gasteiger partial charge in [-0.15, -0.1) is 11.3 Å². The maximum Gasteiger partial charge on any atom is 0.270 e. The number of thiazole rings is 1. The zero-order valence-corrected chi connectivity index (χ0v) is 22.7. The lowest BCUT2D eigenvalue weighted by Gasteiger charge is -2.31. The highest BCUT2D eigenvalue weighted by molar-refractivity contribution is 7.09. The van der Waals surface area contributed by atoms with Crippen molar-refractivity contribution in [2.75, 3.05) is 33.4 Å². The Hall–Kier alpha value is -3.43. The smallest absolute Gasteiger partial charge is 0.270 e. The average Bonchev–Trinajstić information content (AvgIpc) is 3.45. The average molecular weight is 556 g/mol. The van der Waals surface area contributed by atoms with Crippen molar-refractivity contribution in [3.05, 3.63) is 75.2 Å². The first kappa shape index (κ1) is 27.6. The predicted molar refractivity (Wildman–Crippen MR) is 147 cm³/mol. The first-order valence-electron chi connectivity index (χ1n) is 12.5. The summed E-state index contributed by atoms with van der Waals surface area (Å²) in [5.41, 5.74) is 0.965. The Balaban J connectivity index is 1.17. The van der Waals surface area contributed by atoms with E-state index in [1.807, 2.05) is 17.0 Å². The highest BCUT2D eigenvalue weighted by atomic mass is 35.5. The monoisotopic (exact) mass is 555 g/mol. The Morgan fingerprint density at radius 1 is 1.08 bits per heavy atom. The highest BCUT2D eigenvalue weighted by Gasteiger charge is 2.26. The number of likely N-dealkylation sites (tertiary alicyclic amines) is 1. The number of para-hydroxylation sites is 1. The fraction of sp³-hybridized carbons (Fsp3) is 0.357. The minimum Gasteiger partial charge on any atom is -0.497 e. The van der Waals surface area contributed by atoms with Crippen LogP contribution in [0.1, 0.15) is 57.5 Å². The second kappa shape index (κ2) is 13.4. The van der Waals surface area contributed by atoms with Gasteiger partial charge in [0.05, 0.1) is 23.7 Å². The number of carbonyl (C=O) groups excluding carboxylic acids is 3. The number of benzene rings is 2. The molecule has 0 radical (unpaired) electrons. The summed E-state index contributed by atoms with van der Waals surface area (Å²) in [4.78, 5) is 44.0. The van der Waals surface area contributed by atoms with Crippen molar-refractivity contribution in [1.29, 1.82) is 0 Å². The molecule has 1 N–H and O–H groups in total. The number of nitrogens with zero attached hydrogens (tertiary/aromatic N) is 2. The maximum atomic E-state index is 12.7. The fourth-order valence-corrected chi connectivity index (χ4v) is 5.39. The van der Waals surface area contributed by atoms with Gasteiger partial charge in [-0.25, -0.2) is 4.98 Å². The standard InChI is InChI=1S/C28H30ClN3O5S/c1-36-21-8-6-19(7-9-21)24(33)10-11-26(34)32-15-12-20(13-16-32)28-31-23(18-38-28)27(35)30-14-17-37-25-5-3-2-4-22(25)29/h2-9,18,20H,10-17H2,1H3,(H,30,35). The molecule has 8 nitrogen and oxygen atoms in total. The lowest BCUT2D eigenvalue weighted by atomic mass is 9.97. The Kier molecular flexibility index (Phi) is 9.73. The summed E-state index contributed by atoms with van der Waals surface area (Å²) in [6.07, 6.45) is 1.92. The number of carbonyl (C=O) groups is 3. The first-order valence-corrected chi connectivity index (χ1v) is 13.8. The van der Waals surface area contributed by atoms with Crippen LogP contribution in [0.5, 0.6) is 11.5 Å². The van der Waals surface area contributed by atoms with Gasteiger partial charge in [0.1, 0.15) is 23.8 Å². The van der Waals surface area contributed by atoms with Crippen LogP contribution >= 0.6 is 22.9 Å². The summed E-state index contributed by atoms with van der Waals surface area (Å²) < 4.78 is 10.7. The zero-order valence-electron chi connectivity index (χ0n) is 21.2. The van der Waals surface area contributed by atoms with Gasteiger partial charge in [0.2, 0.25) is 5.91 Å². The van der Waals surface area contributed by atoms with Crippen molar-refractivity contribution in [3.8, 4) is 11.5 Å². The van der Waals surface area contributed by atoms with Crippen LogP contribution in [0.25, 0.3) is 0 Å². The lowest BCUT2D eigenvalue weighted by Crippen LogP contribution is -2.38. The fourth-order valence-electron chi connectivity index (χ4n) is 4.23. The second-order valence-corrected chi connectivity index (χ2v) is 10.2. The quantitative estimate of drug-likeness (QED) is 0.265. The molecule has 4 rings (SSSR count). The molecule has 0 bridgehead atoms. The van der Waals surface area contributed by atoms with Crippen LogP contribution in [0.3, 0.4) is 0 Å². The van der Waals surface area contributed by atoms with Crippen LogP contribution in [0.4, 0.5) is 0 Å². The van der Waals surface area contributed by atoms with Crippen molar-refractivity contribution < 1.29 is 23.9 Å². The Bertz CT molecular complexity index is 1260. The molecule has 10 heteroatoms. The topological polar surface area (TPSA) is 97.8 Å². The second-order valence-electron chi connectivity index (χ2n) is 8.91. The molecule has 2 amide bonds. The molecule has 0 unspecified atom stereocenters. The van der Waals surface area contributed by atoms with Crippen LogP contribution in [-0.2, 0) is 4.79 Å². The molecule has 1 aliphatic rings. The van der Waals surface area contributed by atoms with Gasteiger partial charge in [-0.2, -0.15) is 0 Å². The SMILES string of the molecule is COc1ccc(C(=O)CCC(=O)N2CCC(c3nc(C(=O)NCCOc4ccccc4Cl)cs3)CC2)cc1. The van der Waals surface area contributed by atoms with Crippen LogP contribution in [-0.4, -0.2) is 60.8 Å². The van der Waals surface area contributed by atoms with Gasteiger partial charge in [-0.1, -0.05) is 23.7 Å². The Labute approximate surface area is 230 Å². The van der Waals surface area contributed by atoms with E-state index < -0.39 is 0 Å². The normalized spacial score (nSPS) is 13.7. The largest absolute Gasteiger partial charge is 0.497 e. The first-order chi connectivity index (χ1) is 18.4. The molecule has 0 atom stereocenters. The van der Waals surface area contributed by atoms with Crippen LogP contribution < -0.4 is 14.8 Å². The number of hydrogen-bond donors (Lipinski definition) is 1. The van der Waals surface area contributed by atoms with E-state index in [0.717, 1.165) is 17.8 Å². The molecule has 200 valence electrons. The van der Waals surface area contributed by atoms with E-state index in [0.29, 0.717) is 54.0 Å². The van der Waals surface area contributed by atoms with Crippen LogP contribution in [0.15, 0.2) is 53.9 Å². The zero-order chi connectivity index (χ0) is 26.9. The van der Waals surface area contributed by atoms with E-state index >= 15 is 0 Å². The number of ketones is 1. The molecule has 3 aromatic rings. The third kappa shape index (κ3) is 7.33. The molecule has 1 aromatic heterocycles. The van der Waals surface area contributed by atoms with Gasteiger partial charge in [0.15, 0.2) is 5.78 Å². The number of aromatic nitrogens is 1. The molecule has 38 heavy (non-hydrogen) atoms. The molecule has 0 saturated carbocycles. The Morgan fingerprint density at radius 3 is 2.53 bits per heavy atom. The molecule has 2 heterocycles. The molecule has 1 saturated heterocycles. The highest BCUT2D eigenvalue weighted by Crippen LogP contribution is 2.31. The number of piperidine rings is 1. The van der Waals surface area contributed by atoms with E-state index in [1.165, 1.54) is 11.3 Å². The summed E-state index contributed by atoms with van der Waals surface area (Å²) in [6, 6.07) is 14.1. The number of hydrogen-bond acceptors (Lipinski definition) is 7. The summed E-state index contributed by atoms with van der Waals surface area (Å²) in [5.74, 6) is 1.16. The molecule has 0 aliphatic carbocycles. The van der Waals surface area contributed by atoms with Crippen molar-refractivity contribution in [2.24, 2.45) is 0 Å². The number of Topliss-reactive ketones (excluding diaryl/α,β-unsaturated/α-hetero) is 1. The number of rotatable bonds is 11. The minimum absolute atomic E-state index is 0.0106. The Morgan fingerprint density at radius 2 is 1.82 bits per heavy atom. The summed E-state index contributed by atoms with van der Waals surface area (Å²) in [7, 11) is 1.57. The summed E-state index contributed by atoms with van der Waals surface area (Å²) in [5, 5.41) is 6.02. The van der Waals surface area contributed by atoms with Gasteiger partial charge in [0.25, 0.3) is 5.91 Å². The van der Waals surface area contributed by atoms with Crippen molar-refractivity contribution in [2.45, 2.75) is 31.6 Å². The van der Waals surface area contributed by atoms with E-state index in [-0.39, 0.29) is 36.4 Å². The third-order valence-corrected chi connectivity index (χ3v) is 7.73. The maximum absolute atomic E-state index is 12.7. The van der Waals surface area contributed by atoms with Crippen molar-refractivity contribution in [3.63, 3.8) is 0 Å². The number of ether oxygens (including phenoxy) is 2. The van der Waals surface area contributed by atoms with E-state index in [4.69, 9.17) is 21.1 Å². The predicted octanol–water partition coefficient (Wildman–Crippen LogP) is 4.98. The molecule has 0 spiro atoms. The third-order valence-electron chi connectivity index (χ3n) is 6.41. The lowest BCUT2D eigenvalue weighted by molar-refractivity contribution is -0.132. The summed E-state index contributed by atoms with van der Waals surface area (Å²) in [6.45, 7) is 1.85. The molecule has 1 aliphatic heterocycles. The van der Waals surface area contributed by atoms with E-state index in [1.54, 1.807) is 48.9 Å². The van der Waals surface area contributed by atoms with Gasteiger partial charge >= 0.3 is 0 Å². The number of methoxy groups -OCH3 is 1. The number of halogens is 1. The van der Waals surface area contributed by atoms with Gasteiger partial charge < -0.3 is 19.7 Å². The van der Waals surface area contributed by atoms with Crippen LogP contribution in [0.2, 0.25) is 5.02 Å². The van der Waals surface area contributed by atoms with Gasteiger partial charge in [-0.3, -0.25) is 14.4 Å². The van der Waals surface area contributed by atoms with Gasteiger partial charge in [0, 0.05) is 42.8 Å². The van der Waals surface area contributed by atoms with E-state index in [2.05, 4.69) is 10.3 Å². The van der Waals surface area contributed by atoms with Crippen molar-refractivity contribution in [1.82, 2.24) is 15.2 Å². The number of nitrogens with one attached hydrogen (secondary N) is 1. The molecular formula is C28H30ClN3O5S. The minimum atomic E-state index is -0.246. The number of amides is 2. The molecular weight excluding hydrogens is 526 g/mol. The van der Waals surface area contributed by atoms with E-state index in [9.17, 15) is 14.4 Å². The van der Waals surface area contributed by atoms with Gasteiger partial charge in [-0.05, 0) is 49.2 Å². The molecule has 2 aromatic carbocycles. The summed E-state index contributed by atoms with van der Waals surface area (Å²) >= 11 is 7.53. The van der Waals surface area contributed by atoms with Crippen LogP contribution in [0, 0.1) is 0 Å².